The van der Waals surface area contributed by atoms with Crippen molar-refractivity contribution in [3.63, 3.8) is 0 Å². The summed E-state index contributed by atoms with van der Waals surface area (Å²) in [5, 5.41) is 0. The number of nitrogens with one attached hydrogen (secondary N) is 1. The Labute approximate surface area is 66.1 Å². The third kappa shape index (κ3) is 7.02. The predicted molar refractivity (Wildman–Crippen MR) is 40.5 cm³/mol. The molecule has 0 aromatic carbocycles. The monoisotopic (exact) mass is 159 g/mol. The maximum Gasteiger partial charge on any atom is 0.243 e. The van der Waals surface area contributed by atoms with Gasteiger partial charge in [-0.15, -0.1) is 6.58 Å². The predicted octanol–water partition coefficient (Wildman–Crippen LogP) is 0.604. The van der Waals surface area contributed by atoms with Gasteiger partial charge >= 0.3 is 0 Å². The number of amides is 1. The van der Waals surface area contributed by atoms with Crippen molar-refractivity contribution in [3.8, 4) is 0 Å². The van der Waals surface area contributed by atoms with Gasteiger partial charge in [-0.2, -0.15) is 0 Å². The molecule has 0 saturated carbocycles. The van der Waals surface area contributed by atoms with Gasteiger partial charge in [-0.3, -0.25) is 4.79 Å². The summed E-state index contributed by atoms with van der Waals surface area (Å²) in [7, 11) is 1.48. The molecule has 0 radical (unpaired) electrons. The average Bonchev–Trinajstić information content (AvgIpc) is 2.01. The van der Waals surface area contributed by atoms with E-state index in [4.69, 9.17) is 0 Å². The molecule has 0 aromatic heterocycles. The number of ether oxygens (including phenoxy) is 1. The molecule has 64 valence electrons. The molecule has 0 aromatic rings. The summed E-state index contributed by atoms with van der Waals surface area (Å²) in [6.07, 6.45) is 2.73. The fraction of sp³-hybridized carbons (Fsp3) is 0.571. The Balaban J connectivity index is 3.15. The number of rotatable bonds is 6. The lowest BCUT2D eigenvalue weighted by atomic mass is 10.3. The molecule has 0 unspecified atom stereocenters. The van der Waals surface area contributed by atoms with Gasteiger partial charge in [0.05, 0.1) is 0 Å². The second kappa shape index (κ2) is 7.24. The van der Waals surface area contributed by atoms with Crippen LogP contribution in [0.5, 0.6) is 0 Å². The first-order valence-corrected chi connectivity index (χ1v) is 3.31. The first-order valence-electron chi connectivity index (χ1n) is 3.31. The number of carbonyl (C=O) groups excluding carboxylic acids is 1. The summed E-state index contributed by atoms with van der Waals surface area (Å²) in [5.74, 6) is -0.165. The highest BCUT2D eigenvalue weighted by Gasteiger charge is 1.96. The molecule has 1 N–H and O–H groups in total. The van der Waals surface area contributed by atoms with Crippen LogP contribution < -0.4 is 5.48 Å². The second-order valence-corrected chi connectivity index (χ2v) is 1.90. The molecule has 0 aliphatic rings. The Kier molecular flexibility index (Phi) is 6.67. The van der Waals surface area contributed by atoms with E-state index in [1.807, 2.05) is 0 Å². The molecule has 4 heteroatoms. The van der Waals surface area contributed by atoms with E-state index in [0.717, 1.165) is 0 Å². The van der Waals surface area contributed by atoms with Gasteiger partial charge in [0, 0.05) is 13.5 Å². The van der Waals surface area contributed by atoms with Crippen molar-refractivity contribution < 1.29 is 14.4 Å². The molecule has 0 rings (SSSR count). The van der Waals surface area contributed by atoms with Crippen LogP contribution >= 0.6 is 0 Å². The van der Waals surface area contributed by atoms with E-state index in [1.54, 1.807) is 6.08 Å². The molecule has 0 aliphatic heterocycles. The third-order valence-corrected chi connectivity index (χ3v) is 0.938. The largest absolute Gasteiger partial charge is 0.356 e. The molecule has 0 fully saturated rings. The fourth-order valence-electron chi connectivity index (χ4n) is 0.453. The van der Waals surface area contributed by atoms with Gasteiger partial charge in [-0.05, 0) is 6.42 Å². The molecular formula is C7H13NO3. The van der Waals surface area contributed by atoms with Crippen molar-refractivity contribution in [1.29, 1.82) is 0 Å². The normalized spacial score (nSPS) is 9.18. The number of hydrogen-bond acceptors (Lipinski definition) is 3. The molecule has 11 heavy (non-hydrogen) atoms. The standard InChI is InChI=1S/C7H13NO3/c1-3-4-5-7(9)8-11-6-10-2/h3H,1,4-6H2,2H3,(H,8,9). The minimum Gasteiger partial charge on any atom is -0.356 e. The molecule has 4 nitrogen and oxygen atoms in total. The SMILES string of the molecule is C=CCCC(=O)NOCOC. The van der Waals surface area contributed by atoms with Gasteiger partial charge in [-0.25, -0.2) is 10.3 Å². The van der Waals surface area contributed by atoms with Crippen LogP contribution in [0, 0.1) is 0 Å². The van der Waals surface area contributed by atoms with Crippen molar-refractivity contribution in [2.45, 2.75) is 12.8 Å². The zero-order chi connectivity index (χ0) is 8.53. The lowest BCUT2D eigenvalue weighted by Crippen LogP contribution is -2.24. The molecule has 0 bridgehead atoms. The summed E-state index contributed by atoms with van der Waals surface area (Å²) in [4.78, 5) is 15.3. The number of hydrogen-bond donors (Lipinski definition) is 1. The van der Waals surface area contributed by atoms with Crippen LogP contribution in [-0.4, -0.2) is 19.8 Å². The minimum atomic E-state index is -0.165. The average molecular weight is 159 g/mol. The van der Waals surface area contributed by atoms with Crippen molar-refractivity contribution in [2.75, 3.05) is 13.9 Å². The van der Waals surface area contributed by atoms with Gasteiger partial charge in [0.15, 0.2) is 6.79 Å². The van der Waals surface area contributed by atoms with Gasteiger partial charge in [0.2, 0.25) is 5.91 Å². The summed E-state index contributed by atoms with van der Waals surface area (Å²) < 4.78 is 4.54. The van der Waals surface area contributed by atoms with Crippen LogP contribution in [0.3, 0.4) is 0 Å². The molecule has 0 spiro atoms. The van der Waals surface area contributed by atoms with Gasteiger partial charge in [0.1, 0.15) is 0 Å². The summed E-state index contributed by atoms with van der Waals surface area (Å²) >= 11 is 0. The Morgan fingerprint density at radius 3 is 3.00 bits per heavy atom. The van der Waals surface area contributed by atoms with Crippen molar-refractivity contribution in [2.24, 2.45) is 0 Å². The Hall–Kier alpha value is -0.870. The highest BCUT2D eigenvalue weighted by molar-refractivity contribution is 5.74. The van der Waals surface area contributed by atoms with E-state index in [2.05, 4.69) is 21.6 Å². The van der Waals surface area contributed by atoms with E-state index in [0.29, 0.717) is 12.8 Å². The molecular weight excluding hydrogens is 146 g/mol. The number of hydroxylamine groups is 1. The lowest BCUT2D eigenvalue weighted by Gasteiger charge is -2.02. The summed E-state index contributed by atoms with van der Waals surface area (Å²) in [6.45, 7) is 3.55. The molecule has 0 heterocycles. The Morgan fingerprint density at radius 2 is 2.45 bits per heavy atom. The lowest BCUT2D eigenvalue weighted by molar-refractivity contribution is -0.144. The first kappa shape index (κ1) is 10.1. The zero-order valence-corrected chi connectivity index (χ0v) is 6.63. The quantitative estimate of drug-likeness (QED) is 0.267. The van der Waals surface area contributed by atoms with Crippen LogP contribution in [0.2, 0.25) is 0 Å². The molecule has 0 aliphatic carbocycles. The van der Waals surface area contributed by atoms with E-state index in [-0.39, 0.29) is 12.7 Å². The zero-order valence-electron chi connectivity index (χ0n) is 6.63. The molecule has 0 saturated heterocycles. The van der Waals surface area contributed by atoms with Crippen LogP contribution in [0.25, 0.3) is 0 Å². The van der Waals surface area contributed by atoms with Crippen LogP contribution in [0.1, 0.15) is 12.8 Å². The number of methoxy groups -OCH3 is 1. The smallest absolute Gasteiger partial charge is 0.243 e. The molecule has 1 amide bonds. The maximum atomic E-state index is 10.7. The summed E-state index contributed by atoms with van der Waals surface area (Å²) in [6, 6.07) is 0. The highest BCUT2D eigenvalue weighted by Crippen LogP contribution is 1.88. The maximum absolute atomic E-state index is 10.7. The number of carbonyl (C=O) groups is 1. The van der Waals surface area contributed by atoms with E-state index in [9.17, 15) is 4.79 Å². The van der Waals surface area contributed by atoms with Crippen LogP contribution in [0.4, 0.5) is 0 Å². The Bertz CT molecular complexity index is 125. The summed E-state index contributed by atoms with van der Waals surface area (Å²) in [5.41, 5.74) is 2.21. The van der Waals surface area contributed by atoms with Crippen LogP contribution in [0.15, 0.2) is 12.7 Å². The topological polar surface area (TPSA) is 47.6 Å². The van der Waals surface area contributed by atoms with Gasteiger partial charge in [0.25, 0.3) is 0 Å². The van der Waals surface area contributed by atoms with Crippen molar-refractivity contribution in [1.82, 2.24) is 5.48 Å². The van der Waals surface area contributed by atoms with Crippen molar-refractivity contribution >= 4 is 5.91 Å². The third-order valence-electron chi connectivity index (χ3n) is 0.938. The van der Waals surface area contributed by atoms with Gasteiger partial charge in [-0.1, -0.05) is 6.08 Å². The minimum absolute atomic E-state index is 0.0693. The Morgan fingerprint density at radius 1 is 1.73 bits per heavy atom. The van der Waals surface area contributed by atoms with Gasteiger partial charge < -0.3 is 4.74 Å². The van der Waals surface area contributed by atoms with Crippen LogP contribution in [-0.2, 0) is 14.4 Å². The van der Waals surface area contributed by atoms with Crippen molar-refractivity contribution in [3.05, 3.63) is 12.7 Å². The van der Waals surface area contributed by atoms with E-state index in [1.165, 1.54) is 7.11 Å². The molecule has 0 atom stereocenters. The number of allylic oxidation sites excluding steroid dienone is 1. The van der Waals surface area contributed by atoms with E-state index >= 15 is 0 Å². The second-order valence-electron chi connectivity index (χ2n) is 1.90. The highest BCUT2D eigenvalue weighted by atomic mass is 16.8. The van der Waals surface area contributed by atoms with E-state index < -0.39 is 0 Å². The first-order chi connectivity index (χ1) is 5.31. The fourth-order valence-corrected chi connectivity index (χ4v) is 0.453.